The van der Waals surface area contributed by atoms with E-state index in [9.17, 15) is 14.4 Å². The van der Waals surface area contributed by atoms with E-state index in [0.29, 0.717) is 23.1 Å². The molecule has 13 heteroatoms. The molecule has 0 radical (unpaired) electrons. The van der Waals surface area contributed by atoms with Crippen molar-refractivity contribution in [2.24, 2.45) is 0 Å². The van der Waals surface area contributed by atoms with E-state index >= 15 is 0 Å². The predicted molar refractivity (Wildman–Crippen MR) is 196 cm³/mol. The second-order valence-corrected chi connectivity index (χ2v) is 15.3. The smallest absolute Gasteiger partial charge is 0.338 e. The van der Waals surface area contributed by atoms with Gasteiger partial charge in [-0.3, -0.25) is 0 Å². The Hall–Kier alpha value is -3.17. The zero-order chi connectivity index (χ0) is 36.1. The molecule has 3 aliphatic heterocycles. The molecule has 3 aromatic rings. The largest absolute Gasteiger partial charge is 0.458 e. The third kappa shape index (κ3) is 9.83. The van der Waals surface area contributed by atoms with Crippen molar-refractivity contribution >= 4 is 65.7 Å². The Labute approximate surface area is 320 Å². The molecule has 0 spiro atoms. The van der Waals surface area contributed by atoms with Crippen molar-refractivity contribution in [1.29, 1.82) is 0 Å². The lowest BCUT2D eigenvalue weighted by Gasteiger charge is -2.50. The summed E-state index contributed by atoms with van der Waals surface area (Å²) in [6.07, 6.45) is 2.73. The van der Waals surface area contributed by atoms with Crippen LogP contribution >= 0.6 is 47.8 Å². The molecular weight excluding hydrogens is 856 g/mol. The second-order valence-electron chi connectivity index (χ2n) is 12.6. The molecule has 0 unspecified atom stereocenters. The molecule has 0 aliphatic carbocycles. The highest BCUT2D eigenvalue weighted by Gasteiger charge is 2.54. The van der Waals surface area contributed by atoms with Gasteiger partial charge in [-0.1, -0.05) is 66.0 Å². The van der Waals surface area contributed by atoms with Gasteiger partial charge in [0, 0.05) is 13.4 Å². The minimum atomic E-state index is -0.964. The van der Waals surface area contributed by atoms with Gasteiger partial charge in [0.25, 0.3) is 0 Å². The molecule has 3 heterocycles. The van der Waals surface area contributed by atoms with Gasteiger partial charge in [0.2, 0.25) is 0 Å². The molecule has 0 N–H and O–H groups in total. The number of hydrogen-bond acceptors (Lipinski definition) is 10. The number of rotatable bonds is 9. The first-order valence-corrected chi connectivity index (χ1v) is 18.7. The van der Waals surface area contributed by atoms with Gasteiger partial charge in [-0.05, 0) is 99.1 Å². The summed E-state index contributed by atoms with van der Waals surface area (Å²) < 4.78 is 45.2. The summed E-state index contributed by atoms with van der Waals surface area (Å²) in [4.78, 5) is 39.4. The van der Waals surface area contributed by atoms with Crippen LogP contribution in [0.15, 0.2) is 111 Å². The summed E-state index contributed by atoms with van der Waals surface area (Å²) in [7, 11) is 0. The van der Waals surface area contributed by atoms with Crippen LogP contribution in [0.4, 0.5) is 0 Å². The highest BCUT2D eigenvalue weighted by atomic mass is 79.9. The molecular formula is C38H35Br3O10. The van der Waals surface area contributed by atoms with Crippen molar-refractivity contribution in [2.75, 3.05) is 13.2 Å². The van der Waals surface area contributed by atoms with Crippen LogP contribution in [-0.2, 0) is 33.2 Å². The van der Waals surface area contributed by atoms with Crippen LogP contribution in [0.1, 0.15) is 51.3 Å². The zero-order valence-corrected chi connectivity index (χ0v) is 32.4. The molecule has 3 aliphatic rings. The quantitative estimate of drug-likeness (QED) is 0.120. The molecule has 2 saturated heterocycles. The number of benzene rings is 3. The summed E-state index contributed by atoms with van der Waals surface area (Å²) in [6, 6.07) is 20.3. The van der Waals surface area contributed by atoms with Gasteiger partial charge in [0.15, 0.2) is 18.0 Å². The van der Waals surface area contributed by atoms with E-state index in [-0.39, 0.29) is 13.2 Å². The van der Waals surface area contributed by atoms with Crippen molar-refractivity contribution in [1.82, 2.24) is 0 Å². The maximum Gasteiger partial charge on any atom is 0.338 e. The van der Waals surface area contributed by atoms with Gasteiger partial charge in [-0.15, -0.1) is 0 Å². The molecule has 51 heavy (non-hydrogen) atoms. The van der Waals surface area contributed by atoms with Crippen LogP contribution < -0.4 is 0 Å². The van der Waals surface area contributed by atoms with Gasteiger partial charge in [0.05, 0.1) is 35.5 Å². The van der Waals surface area contributed by atoms with Crippen LogP contribution in [0, 0.1) is 0 Å². The standard InChI is InChI=1S/C38H35Br3O10/c1-38(2)46-21-31-33(51-38)34(50-37(44)24-10-16-27(41)17-11-24)32-30(49-31)5-3-4-28(47-32)18-19-29(48-36(43)23-8-14-26(40)15-9-23)20-45-35(42)22-6-12-25(39)13-7-22/h3-4,6-19,28-34H,5,20-21H2,1-2H3/b19-18+/t28-,29-,30+,31-,32+,33-,34-/m1/s1. The SMILES string of the molecule is CC1(C)OC[C@H]2O[C@H]3CC=C[C@H](/C=C/[C@H](COC(=O)c4ccc(Br)cc4)OC(=O)c4ccc(Br)cc4)O[C@@H]3[C@@H](OC(=O)c3ccc(Br)cc3)[C@@H]2O1. The summed E-state index contributed by atoms with van der Waals surface area (Å²) in [5, 5.41) is 0. The number of halogens is 3. The molecule has 0 bridgehead atoms. The molecule has 0 aromatic heterocycles. The number of esters is 3. The Morgan fingerprint density at radius 3 is 1.96 bits per heavy atom. The van der Waals surface area contributed by atoms with Crippen LogP contribution in [0.3, 0.4) is 0 Å². The van der Waals surface area contributed by atoms with Crippen molar-refractivity contribution in [3.8, 4) is 0 Å². The Morgan fingerprint density at radius 2 is 1.35 bits per heavy atom. The summed E-state index contributed by atoms with van der Waals surface area (Å²) in [6.45, 7) is 3.59. The molecule has 2 fully saturated rings. The molecule has 6 rings (SSSR count). The predicted octanol–water partition coefficient (Wildman–Crippen LogP) is 7.77. The molecule has 268 valence electrons. The highest BCUT2D eigenvalue weighted by Crippen LogP contribution is 2.38. The van der Waals surface area contributed by atoms with E-state index in [0.717, 1.165) is 13.4 Å². The van der Waals surface area contributed by atoms with Crippen LogP contribution in [0.5, 0.6) is 0 Å². The first-order valence-electron chi connectivity index (χ1n) is 16.3. The zero-order valence-electron chi connectivity index (χ0n) is 27.6. The first-order chi connectivity index (χ1) is 24.4. The van der Waals surface area contributed by atoms with E-state index in [4.69, 9.17) is 33.2 Å². The normalized spacial score (nSPS) is 25.9. The van der Waals surface area contributed by atoms with E-state index in [1.54, 1.807) is 98.8 Å². The fraction of sp³-hybridized carbons (Fsp3) is 0.342. The minimum absolute atomic E-state index is 0.251. The van der Waals surface area contributed by atoms with Crippen LogP contribution in [0.25, 0.3) is 0 Å². The number of ether oxygens (including phenoxy) is 7. The van der Waals surface area contributed by atoms with Gasteiger partial charge >= 0.3 is 17.9 Å². The van der Waals surface area contributed by atoms with Crippen molar-refractivity contribution in [3.05, 3.63) is 127 Å². The van der Waals surface area contributed by atoms with Crippen LogP contribution in [0.2, 0.25) is 0 Å². The number of fused-ring (bicyclic) bond motifs is 2. The minimum Gasteiger partial charge on any atom is -0.458 e. The van der Waals surface area contributed by atoms with Gasteiger partial charge in [-0.25, -0.2) is 14.4 Å². The van der Waals surface area contributed by atoms with Crippen molar-refractivity contribution in [2.45, 2.75) is 68.8 Å². The highest BCUT2D eigenvalue weighted by molar-refractivity contribution is 9.11. The monoisotopic (exact) mass is 888 g/mol. The van der Waals surface area contributed by atoms with Crippen LogP contribution in [-0.4, -0.2) is 79.6 Å². The molecule has 7 atom stereocenters. The number of carbonyl (C=O) groups is 3. The molecule has 0 saturated carbocycles. The first kappa shape index (κ1) is 37.6. The topological polar surface area (TPSA) is 116 Å². The molecule has 3 aromatic carbocycles. The Bertz CT molecular complexity index is 1760. The fourth-order valence-electron chi connectivity index (χ4n) is 5.84. The lowest BCUT2D eigenvalue weighted by atomic mass is 9.92. The number of carbonyl (C=O) groups excluding carboxylic acids is 3. The van der Waals surface area contributed by atoms with E-state index in [1.807, 2.05) is 12.2 Å². The second kappa shape index (κ2) is 16.7. The van der Waals surface area contributed by atoms with E-state index in [2.05, 4.69) is 47.8 Å². The summed E-state index contributed by atoms with van der Waals surface area (Å²) in [5.74, 6) is -2.64. The summed E-state index contributed by atoms with van der Waals surface area (Å²) in [5.41, 5.74) is 1.05. The third-order valence-corrected chi connectivity index (χ3v) is 9.98. The lowest BCUT2D eigenvalue weighted by molar-refractivity contribution is -0.359. The van der Waals surface area contributed by atoms with Gasteiger partial charge in [0.1, 0.15) is 24.9 Å². The van der Waals surface area contributed by atoms with Crippen molar-refractivity contribution < 1.29 is 47.5 Å². The van der Waals surface area contributed by atoms with Gasteiger partial charge < -0.3 is 33.2 Å². The average Bonchev–Trinajstić information content (AvgIpc) is 3.32. The molecule has 0 amide bonds. The Kier molecular flexibility index (Phi) is 12.3. The Morgan fingerprint density at radius 1 is 0.784 bits per heavy atom. The fourth-order valence-corrected chi connectivity index (χ4v) is 6.63. The third-order valence-electron chi connectivity index (χ3n) is 8.39. The van der Waals surface area contributed by atoms with Gasteiger partial charge in [-0.2, -0.15) is 0 Å². The lowest BCUT2D eigenvalue weighted by Crippen LogP contribution is -2.65. The van der Waals surface area contributed by atoms with E-state index in [1.165, 1.54) is 0 Å². The average molecular weight is 891 g/mol. The maximum absolute atomic E-state index is 13.5. The van der Waals surface area contributed by atoms with Crippen molar-refractivity contribution in [3.63, 3.8) is 0 Å². The maximum atomic E-state index is 13.5. The van der Waals surface area contributed by atoms with E-state index < -0.39 is 66.4 Å². The number of hydrogen-bond donors (Lipinski definition) is 0. The summed E-state index contributed by atoms with van der Waals surface area (Å²) >= 11 is 10.1. The molecule has 10 nitrogen and oxygen atoms in total. The Balaban J connectivity index is 1.22.